The molecule has 1 rings (SSSR count). The first-order valence-corrected chi connectivity index (χ1v) is 5.74. The second-order valence-electron chi connectivity index (χ2n) is 4.21. The van der Waals surface area contributed by atoms with Crippen LogP contribution in [0.1, 0.15) is 26.2 Å². The number of likely N-dealkylation sites (tertiary alicyclic amines) is 1. The fourth-order valence-corrected chi connectivity index (χ4v) is 1.75. The first-order valence-electron chi connectivity index (χ1n) is 5.74. The van der Waals surface area contributed by atoms with Crippen molar-refractivity contribution in [1.82, 2.24) is 4.90 Å². The molecule has 0 atom stereocenters. The highest BCUT2D eigenvalue weighted by Gasteiger charge is 2.14. The van der Waals surface area contributed by atoms with Crippen LogP contribution in [0.5, 0.6) is 0 Å². The van der Waals surface area contributed by atoms with Gasteiger partial charge in [-0.2, -0.15) is 0 Å². The summed E-state index contributed by atoms with van der Waals surface area (Å²) in [5, 5.41) is 8.55. The van der Waals surface area contributed by atoms with Gasteiger partial charge < -0.3 is 14.7 Å². The maximum absolute atomic E-state index is 8.55. The van der Waals surface area contributed by atoms with Gasteiger partial charge in [0, 0.05) is 19.8 Å². The van der Waals surface area contributed by atoms with Gasteiger partial charge in [-0.1, -0.05) is 6.92 Å². The molecule has 0 bridgehead atoms. The maximum Gasteiger partial charge on any atom is 0.0593 e. The number of nitrogens with zero attached hydrogens (tertiary/aromatic N) is 1. The molecule has 0 spiro atoms. The lowest BCUT2D eigenvalue weighted by Gasteiger charge is -2.29. The van der Waals surface area contributed by atoms with Crippen molar-refractivity contribution in [2.75, 3.05) is 39.5 Å². The van der Waals surface area contributed by atoms with Crippen molar-refractivity contribution >= 4 is 0 Å². The molecule has 1 aliphatic rings. The van der Waals surface area contributed by atoms with Gasteiger partial charge in [0.05, 0.1) is 6.61 Å². The van der Waals surface area contributed by atoms with Crippen LogP contribution in [-0.2, 0) is 4.74 Å². The van der Waals surface area contributed by atoms with Gasteiger partial charge in [0.1, 0.15) is 0 Å². The monoisotopic (exact) mass is 201 g/mol. The molecule has 0 radical (unpaired) electrons. The number of piperidine rings is 1. The van der Waals surface area contributed by atoms with E-state index in [1.807, 2.05) is 0 Å². The summed E-state index contributed by atoms with van der Waals surface area (Å²) in [5.74, 6) is 0.904. The SMILES string of the molecule is CC1CCN(CCOCCCO)CC1. The highest BCUT2D eigenvalue weighted by molar-refractivity contribution is 4.68. The van der Waals surface area contributed by atoms with Gasteiger partial charge in [-0.3, -0.25) is 0 Å². The topological polar surface area (TPSA) is 32.7 Å². The first kappa shape index (κ1) is 12.0. The third-order valence-electron chi connectivity index (χ3n) is 2.87. The number of rotatable bonds is 6. The summed E-state index contributed by atoms with van der Waals surface area (Å²) in [7, 11) is 0. The Hall–Kier alpha value is -0.120. The molecule has 84 valence electrons. The van der Waals surface area contributed by atoms with Gasteiger partial charge >= 0.3 is 0 Å². The minimum absolute atomic E-state index is 0.237. The lowest BCUT2D eigenvalue weighted by molar-refractivity contribution is 0.0808. The van der Waals surface area contributed by atoms with Gasteiger partial charge in [0.25, 0.3) is 0 Å². The number of hydrogen-bond acceptors (Lipinski definition) is 3. The largest absolute Gasteiger partial charge is 0.396 e. The fraction of sp³-hybridized carbons (Fsp3) is 1.00. The fourth-order valence-electron chi connectivity index (χ4n) is 1.75. The summed E-state index contributed by atoms with van der Waals surface area (Å²) in [6.45, 7) is 7.58. The highest BCUT2D eigenvalue weighted by atomic mass is 16.5. The second-order valence-corrected chi connectivity index (χ2v) is 4.21. The maximum atomic E-state index is 8.55. The Morgan fingerprint density at radius 2 is 2.00 bits per heavy atom. The molecule has 0 aromatic carbocycles. The van der Waals surface area contributed by atoms with E-state index in [0.717, 1.165) is 25.5 Å². The van der Waals surface area contributed by atoms with Gasteiger partial charge in [-0.05, 0) is 38.3 Å². The van der Waals surface area contributed by atoms with E-state index in [4.69, 9.17) is 9.84 Å². The molecule has 0 amide bonds. The molecule has 3 heteroatoms. The number of aliphatic hydroxyl groups excluding tert-OH is 1. The molecule has 1 fully saturated rings. The summed E-state index contributed by atoms with van der Waals surface area (Å²) in [4.78, 5) is 2.47. The van der Waals surface area contributed by atoms with Crippen molar-refractivity contribution in [3.05, 3.63) is 0 Å². The van der Waals surface area contributed by atoms with E-state index in [1.165, 1.54) is 25.9 Å². The van der Waals surface area contributed by atoms with Crippen molar-refractivity contribution in [2.45, 2.75) is 26.2 Å². The Labute approximate surface area is 87.1 Å². The van der Waals surface area contributed by atoms with Crippen LogP contribution < -0.4 is 0 Å². The summed E-state index contributed by atoms with van der Waals surface area (Å²) < 4.78 is 5.40. The van der Waals surface area contributed by atoms with Crippen molar-refractivity contribution in [1.29, 1.82) is 0 Å². The average Bonchev–Trinajstić information content (AvgIpc) is 2.21. The van der Waals surface area contributed by atoms with E-state index in [0.29, 0.717) is 6.61 Å². The van der Waals surface area contributed by atoms with Crippen molar-refractivity contribution in [3.63, 3.8) is 0 Å². The Morgan fingerprint density at radius 1 is 1.29 bits per heavy atom. The van der Waals surface area contributed by atoms with E-state index in [2.05, 4.69) is 11.8 Å². The molecule has 0 aromatic rings. The molecule has 14 heavy (non-hydrogen) atoms. The Balaban J connectivity index is 1.91. The van der Waals surface area contributed by atoms with Crippen LogP contribution >= 0.6 is 0 Å². The summed E-state index contributed by atoms with van der Waals surface area (Å²) in [6.07, 6.45) is 3.42. The summed E-state index contributed by atoms with van der Waals surface area (Å²) >= 11 is 0. The predicted octanol–water partition coefficient (Wildman–Crippen LogP) is 1.12. The Bertz CT molecular complexity index is 133. The third kappa shape index (κ3) is 4.94. The van der Waals surface area contributed by atoms with Crippen LogP contribution in [0.4, 0.5) is 0 Å². The minimum Gasteiger partial charge on any atom is -0.396 e. The molecule has 1 saturated heterocycles. The molecule has 3 nitrogen and oxygen atoms in total. The minimum atomic E-state index is 0.237. The van der Waals surface area contributed by atoms with Crippen molar-refractivity contribution in [3.8, 4) is 0 Å². The van der Waals surface area contributed by atoms with Gasteiger partial charge in [-0.25, -0.2) is 0 Å². The second kappa shape index (κ2) is 7.21. The quantitative estimate of drug-likeness (QED) is 0.654. The van der Waals surface area contributed by atoms with Crippen LogP contribution in [0.2, 0.25) is 0 Å². The average molecular weight is 201 g/mol. The van der Waals surface area contributed by atoms with E-state index in [-0.39, 0.29) is 6.61 Å². The normalized spacial score (nSPS) is 20.1. The summed E-state index contributed by atoms with van der Waals surface area (Å²) in [6, 6.07) is 0. The van der Waals surface area contributed by atoms with Gasteiger partial charge in [0.15, 0.2) is 0 Å². The van der Waals surface area contributed by atoms with Gasteiger partial charge in [-0.15, -0.1) is 0 Å². The molecule has 1 heterocycles. The summed E-state index contributed by atoms with van der Waals surface area (Å²) in [5.41, 5.74) is 0. The standard InChI is InChI=1S/C11H23NO2/c1-11-3-5-12(6-4-11)7-10-14-9-2-8-13/h11,13H,2-10H2,1H3. The molecule has 1 aliphatic heterocycles. The number of hydrogen-bond donors (Lipinski definition) is 1. The van der Waals surface area contributed by atoms with Crippen molar-refractivity contribution < 1.29 is 9.84 Å². The molecular formula is C11H23NO2. The van der Waals surface area contributed by atoms with E-state index in [1.54, 1.807) is 0 Å². The molecule has 0 unspecified atom stereocenters. The van der Waals surface area contributed by atoms with Gasteiger partial charge in [0.2, 0.25) is 0 Å². The first-order chi connectivity index (χ1) is 6.83. The van der Waals surface area contributed by atoms with Crippen LogP contribution in [-0.4, -0.2) is 49.5 Å². The van der Waals surface area contributed by atoms with E-state index < -0.39 is 0 Å². The number of aliphatic hydroxyl groups is 1. The highest BCUT2D eigenvalue weighted by Crippen LogP contribution is 2.15. The van der Waals surface area contributed by atoms with Crippen LogP contribution in [0.15, 0.2) is 0 Å². The smallest absolute Gasteiger partial charge is 0.0593 e. The van der Waals surface area contributed by atoms with E-state index in [9.17, 15) is 0 Å². The zero-order valence-electron chi connectivity index (χ0n) is 9.24. The predicted molar refractivity (Wildman–Crippen MR) is 57.4 cm³/mol. The Kier molecular flexibility index (Phi) is 6.15. The molecular weight excluding hydrogens is 178 g/mol. The van der Waals surface area contributed by atoms with Crippen LogP contribution in [0, 0.1) is 5.92 Å². The molecule has 0 aliphatic carbocycles. The molecule has 0 aromatic heterocycles. The Morgan fingerprint density at radius 3 is 2.64 bits per heavy atom. The third-order valence-corrected chi connectivity index (χ3v) is 2.87. The number of ether oxygens (including phenoxy) is 1. The van der Waals surface area contributed by atoms with Crippen molar-refractivity contribution in [2.24, 2.45) is 5.92 Å². The van der Waals surface area contributed by atoms with Crippen LogP contribution in [0.25, 0.3) is 0 Å². The zero-order chi connectivity index (χ0) is 10.2. The molecule has 0 saturated carbocycles. The molecule has 1 N–H and O–H groups in total. The van der Waals surface area contributed by atoms with E-state index >= 15 is 0 Å². The van der Waals surface area contributed by atoms with Crippen LogP contribution in [0.3, 0.4) is 0 Å². The lowest BCUT2D eigenvalue weighted by atomic mass is 9.99. The lowest BCUT2D eigenvalue weighted by Crippen LogP contribution is -2.35. The zero-order valence-corrected chi connectivity index (χ0v) is 9.24.